The molecular formula is C33H39BrClN3O4S. The number of amides is 2. The molecule has 0 unspecified atom stereocenters. The van der Waals surface area contributed by atoms with Crippen LogP contribution < -0.4 is 9.62 Å². The van der Waals surface area contributed by atoms with Crippen LogP contribution in [-0.4, -0.2) is 50.0 Å². The van der Waals surface area contributed by atoms with Gasteiger partial charge in [-0.3, -0.25) is 13.9 Å². The first-order valence-corrected chi connectivity index (χ1v) is 17.7. The average Bonchev–Trinajstić information content (AvgIpc) is 3.48. The third kappa shape index (κ3) is 9.30. The third-order valence-corrected chi connectivity index (χ3v) is 10.0. The van der Waals surface area contributed by atoms with Crippen LogP contribution in [0, 0.1) is 6.92 Å². The van der Waals surface area contributed by atoms with E-state index in [4.69, 9.17) is 11.6 Å². The fraction of sp³-hybridized carbons (Fsp3) is 0.394. The number of nitrogens with one attached hydrogen (secondary N) is 1. The molecule has 1 aliphatic carbocycles. The summed E-state index contributed by atoms with van der Waals surface area (Å²) in [6.07, 6.45) is 5.92. The fourth-order valence-electron chi connectivity index (χ4n) is 5.56. The first kappa shape index (κ1) is 33.0. The number of benzene rings is 3. The van der Waals surface area contributed by atoms with Gasteiger partial charge in [-0.1, -0.05) is 88.9 Å². The molecule has 0 aliphatic heterocycles. The molecule has 7 nitrogen and oxygen atoms in total. The second-order valence-electron chi connectivity index (χ2n) is 11.2. The number of hydrogen-bond donors (Lipinski definition) is 1. The SMILES string of the molecule is Cc1c(Cl)cccc1N(CCCC(=O)N(Cc1ccc(Br)cc1)[C@H](Cc1ccccc1)C(=O)NC1CCCC1)S(C)(=O)=O. The topological polar surface area (TPSA) is 86.8 Å². The lowest BCUT2D eigenvalue weighted by Crippen LogP contribution is -2.52. The van der Waals surface area contributed by atoms with Crippen LogP contribution in [0.1, 0.15) is 55.2 Å². The Morgan fingerprint density at radius 2 is 1.65 bits per heavy atom. The second kappa shape index (κ2) is 15.2. The predicted octanol–water partition coefficient (Wildman–Crippen LogP) is 6.66. The van der Waals surface area contributed by atoms with Crippen molar-refractivity contribution in [1.29, 1.82) is 0 Å². The number of sulfonamides is 1. The third-order valence-electron chi connectivity index (χ3n) is 7.90. The minimum Gasteiger partial charge on any atom is -0.352 e. The standard InChI is InChI=1S/C33H39BrClN3O4S/c1-24-29(35)14-8-15-30(24)38(43(2,41)42)21-9-16-32(39)37(23-26-17-19-27(34)20-18-26)31(22-25-10-4-3-5-11-25)33(40)36-28-12-6-7-13-28/h3-5,8,10-11,14-15,17-20,28,31H,6-7,9,12-13,16,21-23H2,1-2H3,(H,36,40)/t31-/m1/s1. The van der Waals surface area contributed by atoms with Crippen molar-refractivity contribution >= 4 is 55.1 Å². The smallest absolute Gasteiger partial charge is 0.243 e. The summed E-state index contributed by atoms with van der Waals surface area (Å²) in [7, 11) is -3.63. The summed E-state index contributed by atoms with van der Waals surface area (Å²) >= 11 is 9.76. The Morgan fingerprint density at radius 3 is 2.30 bits per heavy atom. The van der Waals surface area contributed by atoms with Crippen molar-refractivity contribution in [2.75, 3.05) is 17.1 Å². The van der Waals surface area contributed by atoms with E-state index in [2.05, 4.69) is 21.2 Å². The molecule has 3 aromatic carbocycles. The Hall–Kier alpha value is -2.88. The Bertz CT molecular complexity index is 1500. The lowest BCUT2D eigenvalue weighted by molar-refractivity contribution is -0.141. The van der Waals surface area contributed by atoms with Gasteiger partial charge in [0.15, 0.2) is 0 Å². The van der Waals surface area contributed by atoms with Gasteiger partial charge in [-0.25, -0.2) is 8.42 Å². The van der Waals surface area contributed by atoms with Gasteiger partial charge < -0.3 is 10.2 Å². The van der Waals surface area contributed by atoms with E-state index in [0.29, 0.717) is 22.7 Å². The summed E-state index contributed by atoms with van der Waals surface area (Å²) in [6.45, 7) is 2.14. The fourth-order valence-corrected chi connectivity index (χ4v) is 7.01. The van der Waals surface area contributed by atoms with Crippen molar-refractivity contribution in [2.45, 2.75) is 70.5 Å². The van der Waals surface area contributed by atoms with E-state index < -0.39 is 16.1 Å². The first-order chi connectivity index (χ1) is 20.5. The molecule has 1 atom stereocenters. The minimum atomic E-state index is -3.63. The van der Waals surface area contributed by atoms with Gasteiger partial charge in [0.2, 0.25) is 21.8 Å². The Labute approximate surface area is 268 Å². The summed E-state index contributed by atoms with van der Waals surface area (Å²) < 4.78 is 27.8. The summed E-state index contributed by atoms with van der Waals surface area (Å²) in [4.78, 5) is 29.5. The molecule has 3 aromatic rings. The quantitative estimate of drug-likeness (QED) is 0.218. The zero-order valence-corrected chi connectivity index (χ0v) is 27.8. The summed E-state index contributed by atoms with van der Waals surface area (Å²) in [5.74, 6) is -0.366. The average molecular weight is 689 g/mol. The highest BCUT2D eigenvalue weighted by atomic mass is 79.9. The summed E-state index contributed by atoms with van der Waals surface area (Å²) in [5.41, 5.74) is 3.01. The zero-order valence-electron chi connectivity index (χ0n) is 24.6. The molecule has 0 heterocycles. The molecule has 0 radical (unpaired) electrons. The van der Waals surface area contributed by atoms with Crippen LogP contribution in [0.3, 0.4) is 0 Å². The number of hydrogen-bond acceptors (Lipinski definition) is 4. The maximum atomic E-state index is 14.0. The molecule has 0 spiro atoms. The second-order valence-corrected chi connectivity index (χ2v) is 14.4. The largest absolute Gasteiger partial charge is 0.352 e. The predicted molar refractivity (Wildman–Crippen MR) is 177 cm³/mol. The van der Waals surface area contributed by atoms with Gasteiger partial charge in [0.05, 0.1) is 11.9 Å². The molecule has 0 bridgehead atoms. The Morgan fingerprint density at radius 1 is 0.977 bits per heavy atom. The Kier molecular flexibility index (Phi) is 11.7. The van der Waals surface area contributed by atoms with Crippen LogP contribution >= 0.6 is 27.5 Å². The molecular weight excluding hydrogens is 650 g/mol. The van der Waals surface area contributed by atoms with E-state index in [-0.39, 0.29) is 43.8 Å². The summed E-state index contributed by atoms with van der Waals surface area (Å²) in [5, 5.41) is 3.69. The van der Waals surface area contributed by atoms with Crippen molar-refractivity contribution in [3.63, 3.8) is 0 Å². The summed E-state index contributed by atoms with van der Waals surface area (Å²) in [6, 6.07) is 22.0. The normalized spacial score (nSPS) is 14.3. The van der Waals surface area contributed by atoms with E-state index in [1.165, 1.54) is 4.31 Å². The van der Waals surface area contributed by atoms with Crippen molar-refractivity contribution in [1.82, 2.24) is 10.2 Å². The lowest BCUT2D eigenvalue weighted by atomic mass is 10.0. The molecule has 10 heteroatoms. The van der Waals surface area contributed by atoms with Crippen LogP contribution in [0.2, 0.25) is 5.02 Å². The van der Waals surface area contributed by atoms with Gasteiger partial charge in [-0.15, -0.1) is 0 Å². The minimum absolute atomic E-state index is 0.0736. The highest BCUT2D eigenvalue weighted by Gasteiger charge is 2.32. The number of carbonyl (C=O) groups is 2. The van der Waals surface area contributed by atoms with E-state index in [1.54, 1.807) is 30.0 Å². The molecule has 1 aliphatic rings. The van der Waals surface area contributed by atoms with Gasteiger partial charge in [0.25, 0.3) is 0 Å². The van der Waals surface area contributed by atoms with Crippen LogP contribution in [-0.2, 0) is 32.6 Å². The molecule has 0 saturated heterocycles. The molecule has 230 valence electrons. The zero-order chi connectivity index (χ0) is 31.0. The molecule has 4 rings (SSSR count). The highest BCUT2D eigenvalue weighted by Crippen LogP contribution is 2.29. The van der Waals surface area contributed by atoms with Gasteiger partial charge in [-0.2, -0.15) is 0 Å². The lowest BCUT2D eigenvalue weighted by Gasteiger charge is -2.33. The number of halogens is 2. The number of anilines is 1. The van der Waals surface area contributed by atoms with Crippen molar-refractivity contribution in [3.05, 3.63) is 99.0 Å². The van der Waals surface area contributed by atoms with Crippen LogP contribution in [0.25, 0.3) is 0 Å². The number of nitrogens with zero attached hydrogens (tertiary/aromatic N) is 2. The molecule has 0 aromatic heterocycles. The van der Waals surface area contributed by atoms with E-state index in [0.717, 1.165) is 47.5 Å². The Balaban J connectivity index is 1.59. The number of rotatable bonds is 13. The number of carbonyl (C=O) groups excluding carboxylic acids is 2. The van der Waals surface area contributed by atoms with Crippen LogP contribution in [0.5, 0.6) is 0 Å². The molecule has 1 N–H and O–H groups in total. The van der Waals surface area contributed by atoms with E-state index >= 15 is 0 Å². The van der Waals surface area contributed by atoms with Gasteiger partial charge >= 0.3 is 0 Å². The van der Waals surface area contributed by atoms with Crippen molar-refractivity contribution in [2.24, 2.45) is 0 Å². The van der Waals surface area contributed by atoms with Crippen molar-refractivity contribution in [3.8, 4) is 0 Å². The molecule has 1 fully saturated rings. The molecule has 2 amide bonds. The van der Waals surface area contributed by atoms with Gasteiger partial charge in [0, 0.05) is 41.5 Å². The highest BCUT2D eigenvalue weighted by molar-refractivity contribution is 9.10. The van der Waals surface area contributed by atoms with Gasteiger partial charge in [-0.05, 0) is 67.1 Å². The first-order valence-electron chi connectivity index (χ1n) is 14.6. The van der Waals surface area contributed by atoms with Crippen LogP contribution in [0.4, 0.5) is 5.69 Å². The van der Waals surface area contributed by atoms with Crippen molar-refractivity contribution < 1.29 is 18.0 Å². The van der Waals surface area contributed by atoms with Gasteiger partial charge in [0.1, 0.15) is 6.04 Å². The van der Waals surface area contributed by atoms with Crippen LogP contribution in [0.15, 0.2) is 77.3 Å². The maximum absolute atomic E-state index is 14.0. The van der Waals surface area contributed by atoms with E-state index in [9.17, 15) is 18.0 Å². The molecule has 1 saturated carbocycles. The van der Waals surface area contributed by atoms with E-state index in [1.807, 2.05) is 54.6 Å². The maximum Gasteiger partial charge on any atom is 0.243 e. The monoisotopic (exact) mass is 687 g/mol. The molecule has 43 heavy (non-hydrogen) atoms.